The molecule has 1 unspecified atom stereocenters. The van der Waals surface area contributed by atoms with E-state index in [0.29, 0.717) is 5.56 Å². The molecule has 0 saturated heterocycles. The molecule has 5 heteroatoms. The van der Waals surface area contributed by atoms with Crippen LogP contribution in [-0.4, -0.2) is 17.6 Å². The van der Waals surface area contributed by atoms with Crippen LogP contribution < -0.4 is 5.73 Å². The molecular formula is C15H23F2NO2. The number of nitrogens with two attached hydrogens (primary N) is 1. The van der Waals surface area contributed by atoms with Gasteiger partial charge in [0, 0.05) is 6.42 Å². The predicted octanol–water partition coefficient (Wildman–Crippen LogP) is 3.20. The van der Waals surface area contributed by atoms with Crippen molar-refractivity contribution in [2.75, 3.05) is 0 Å². The lowest BCUT2D eigenvalue weighted by Gasteiger charge is -2.26. The van der Waals surface area contributed by atoms with Crippen molar-refractivity contribution in [3.8, 4) is 0 Å². The zero-order valence-electron chi connectivity index (χ0n) is 12.7. The Morgan fingerprint density at radius 1 is 1.30 bits per heavy atom. The van der Waals surface area contributed by atoms with Gasteiger partial charge in [-0.2, -0.15) is 0 Å². The Labute approximate surface area is 119 Å². The minimum atomic E-state index is -0.915. The van der Waals surface area contributed by atoms with Crippen LogP contribution in [0.1, 0.15) is 40.2 Å². The average Bonchev–Trinajstić information content (AvgIpc) is 2.35. The minimum Gasteiger partial charge on any atom is -0.458 e. The highest BCUT2D eigenvalue weighted by atomic mass is 19.2. The molecule has 1 aromatic carbocycles. The highest BCUT2D eigenvalue weighted by Gasteiger charge is 2.25. The maximum Gasteiger partial charge on any atom is 0.323 e. The van der Waals surface area contributed by atoms with Gasteiger partial charge >= 0.3 is 5.97 Å². The van der Waals surface area contributed by atoms with Crippen molar-refractivity contribution in [3.05, 3.63) is 35.4 Å². The maximum atomic E-state index is 13.0. The molecule has 0 amide bonds. The fourth-order valence-corrected chi connectivity index (χ4v) is 1.54. The molecule has 0 aliphatic rings. The van der Waals surface area contributed by atoms with E-state index in [-0.39, 0.29) is 6.42 Å². The van der Waals surface area contributed by atoms with Gasteiger partial charge in [-0.3, -0.25) is 4.79 Å². The molecule has 0 aliphatic heterocycles. The van der Waals surface area contributed by atoms with Gasteiger partial charge in [-0.05, 0) is 38.5 Å². The van der Waals surface area contributed by atoms with E-state index in [9.17, 15) is 13.6 Å². The normalized spacial score (nSPS) is 12.2. The second kappa shape index (κ2) is 7.94. The Balaban J connectivity index is 0.00000172. The third-order valence-corrected chi connectivity index (χ3v) is 2.36. The lowest BCUT2D eigenvalue weighted by atomic mass is 9.98. The molecular weight excluding hydrogens is 264 g/mol. The molecule has 0 heterocycles. The van der Waals surface area contributed by atoms with Crippen LogP contribution in [0.5, 0.6) is 0 Å². The molecule has 0 saturated carbocycles. The van der Waals surface area contributed by atoms with E-state index >= 15 is 0 Å². The quantitative estimate of drug-likeness (QED) is 0.865. The Kier molecular flexibility index (Phi) is 7.35. The molecule has 1 rings (SSSR count). The van der Waals surface area contributed by atoms with Crippen molar-refractivity contribution in [3.63, 3.8) is 0 Å². The van der Waals surface area contributed by atoms with Crippen molar-refractivity contribution in [2.45, 2.75) is 52.7 Å². The summed E-state index contributed by atoms with van der Waals surface area (Å²) >= 11 is 0. The van der Waals surface area contributed by atoms with E-state index in [1.165, 1.54) is 13.0 Å². The largest absolute Gasteiger partial charge is 0.458 e. The second-order valence-corrected chi connectivity index (χ2v) is 4.89. The first-order chi connectivity index (χ1) is 9.21. The fraction of sp³-hybridized carbons (Fsp3) is 0.533. The van der Waals surface area contributed by atoms with E-state index < -0.39 is 29.2 Å². The summed E-state index contributed by atoms with van der Waals surface area (Å²) in [6.45, 7) is 8.90. The summed E-state index contributed by atoms with van der Waals surface area (Å²) < 4.78 is 31.0. The molecule has 0 radical (unpaired) electrons. The van der Waals surface area contributed by atoms with Crippen LogP contribution in [0.25, 0.3) is 0 Å². The van der Waals surface area contributed by atoms with Crippen LogP contribution in [-0.2, 0) is 16.0 Å². The number of carbonyl (C=O) groups is 1. The first-order valence-electron chi connectivity index (χ1n) is 6.63. The second-order valence-electron chi connectivity index (χ2n) is 4.89. The topological polar surface area (TPSA) is 52.3 Å². The number of hydrogen-bond acceptors (Lipinski definition) is 3. The summed E-state index contributed by atoms with van der Waals surface area (Å²) in [6.07, 6.45) is 0.280. The van der Waals surface area contributed by atoms with Crippen LogP contribution in [0.3, 0.4) is 0 Å². The van der Waals surface area contributed by atoms with Crippen LogP contribution in [0.4, 0.5) is 8.78 Å². The molecule has 20 heavy (non-hydrogen) atoms. The van der Waals surface area contributed by atoms with E-state index in [2.05, 4.69) is 0 Å². The van der Waals surface area contributed by atoms with Crippen molar-refractivity contribution in [1.82, 2.24) is 0 Å². The Morgan fingerprint density at radius 3 is 2.30 bits per heavy atom. The van der Waals surface area contributed by atoms with Crippen molar-refractivity contribution in [1.29, 1.82) is 0 Å². The van der Waals surface area contributed by atoms with Gasteiger partial charge in [-0.25, -0.2) is 8.78 Å². The highest BCUT2D eigenvalue weighted by molar-refractivity contribution is 5.75. The van der Waals surface area contributed by atoms with E-state index in [1.54, 1.807) is 13.8 Å². The number of carbonyl (C=O) groups excluding carboxylic acids is 1. The Morgan fingerprint density at radius 2 is 1.85 bits per heavy atom. The Hall–Kier alpha value is -1.49. The molecule has 2 N–H and O–H groups in total. The van der Waals surface area contributed by atoms with E-state index in [1.807, 2.05) is 13.8 Å². The molecule has 0 spiro atoms. The molecule has 0 aromatic heterocycles. The maximum absolute atomic E-state index is 13.0. The van der Waals surface area contributed by atoms with Crippen molar-refractivity contribution < 1.29 is 18.3 Å². The molecule has 0 aliphatic carbocycles. The van der Waals surface area contributed by atoms with Gasteiger partial charge in [0.2, 0.25) is 0 Å². The van der Waals surface area contributed by atoms with Gasteiger partial charge in [0.05, 0.1) is 0 Å². The summed E-state index contributed by atoms with van der Waals surface area (Å²) in [7, 11) is 0. The summed E-state index contributed by atoms with van der Waals surface area (Å²) in [5.41, 5.74) is 5.12. The SMILES string of the molecule is CC.CC(N)C(=O)OC(C)(C)Cc1ccc(F)c(F)c1. The molecule has 3 nitrogen and oxygen atoms in total. The first-order valence-corrected chi connectivity index (χ1v) is 6.63. The van der Waals surface area contributed by atoms with E-state index in [4.69, 9.17) is 10.5 Å². The highest BCUT2D eigenvalue weighted by Crippen LogP contribution is 2.19. The number of halogens is 2. The summed E-state index contributed by atoms with van der Waals surface area (Å²) in [6, 6.07) is 2.89. The van der Waals surface area contributed by atoms with Crippen LogP contribution >= 0.6 is 0 Å². The molecule has 1 aromatic rings. The average molecular weight is 287 g/mol. The summed E-state index contributed by atoms with van der Waals surface area (Å²) in [5.74, 6) is -2.34. The number of ether oxygens (including phenoxy) is 1. The molecule has 0 fully saturated rings. The number of hydrogen-bond donors (Lipinski definition) is 1. The minimum absolute atomic E-state index is 0.280. The zero-order valence-corrected chi connectivity index (χ0v) is 12.7. The summed E-state index contributed by atoms with van der Waals surface area (Å²) in [5, 5.41) is 0. The van der Waals surface area contributed by atoms with Gasteiger partial charge in [-0.1, -0.05) is 19.9 Å². The summed E-state index contributed by atoms with van der Waals surface area (Å²) in [4.78, 5) is 11.4. The van der Waals surface area contributed by atoms with Gasteiger partial charge in [0.25, 0.3) is 0 Å². The third-order valence-electron chi connectivity index (χ3n) is 2.36. The zero-order chi connectivity index (χ0) is 15.9. The van der Waals surface area contributed by atoms with Crippen LogP contribution in [0.15, 0.2) is 18.2 Å². The van der Waals surface area contributed by atoms with Crippen molar-refractivity contribution >= 4 is 5.97 Å². The standard InChI is InChI=1S/C13H17F2NO2.C2H6/c1-8(16)12(17)18-13(2,3)7-9-4-5-10(14)11(15)6-9;1-2/h4-6,8H,7,16H2,1-3H3;1-2H3. The number of benzene rings is 1. The van der Waals surface area contributed by atoms with Crippen molar-refractivity contribution in [2.24, 2.45) is 5.73 Å². The monoisotopic (exact) mass is 287 g/mol. The van der Waals surface area contributed by atoms with Gasteiger partial charge < -0.3 is 10.5 Å². The van der Waals surface area contributed by atoms with E-state index in [0.717, 1.165) is 12.1 Å². The lowest BCUT2D eigenvalue weighted by molar-refractivity contribution is -0.157. The first kappa shape index (κ1) is 18.5. The van der Waals surface area contributed by atoms with Gasteiger partial charge in [-0.15, -0.1) is 0 Å². The lowest BCUT2D eigenvalue weighted by Crippen LogP contribution is -2.38. The Bertz CT molecular complexity index is 445. The third kappa shape index (κ3) is 6.10. The molecule has 114 valence electrons. The number of rotatable bonds is 4. The molecule has 1 atom stereocenters. The predicted molar refractivity (Wildman–Crippen MR) is 75.2 cm³/mol. The fourth-order valence-electron chi connectivity index (χ4n) is 1.54. The van der Waals surface area contributed by atoms with Gasteiger partial charge in [0.15, 0.2) is 11.6 Å². The van der Waals surface area contributed by atoms with Crippen LogP contribution in [0.2, 0.25) is 0 Å². The number of esters is 1. The smallest absolute Gasteiger partial charge is 0.323 e. The molecule has 0 bridgehead atoms. The van der Waals surface area contributed by atoms with Crippen LogP contribution in [0, 0.1) is 11.6 Å². The van der Waals surface area contributed by atoms with Gasteiger partial charge in [0.1, 0.15) is 11.6 Å².